The molecule has 3 N–H and O–H groups in total. The van der Waals surface area contributed by atoms with Crippen molar-refractivity contribution in [3.63, 3.8) is 0 Å². The number of rotatable bonds is 4. The zero-order chi connectivity index (χ0) is 12.3. The monoisotopic (exact) mass is 287 g/mol. The minimum Gasteiger partial charge on any atom is -0.504 e. The van der Waals surface area contributed by atoms with Crippen molar-refractivity contribution in [2.24, 2.45) is 5.73 Å². The van der Waals surface area contributed by atoms with E-state index < -0.39 is 0 Å². The fourth-order valence-corrected chi connectivity index (χ4v) is 2.26. The lowest BCUT2D eigenvalue weighted by atomic mass is 9.99. The molecule has 0 atom stereocenters. The summed E-state index contributed by atoms with van der Waals surface area (Å²) >= 11 is 3.53. The molecule has 90 valence electrons. The summed E-state index contributed by atoms with van der Waals surface area (Å²) in [5.74, 6) is 0.790. The average Bonchev–Trinajstić information content (AvgIpc) is 2.27. The van der Waals surface area contributed by atoms with Gasteiger partial charge in [-0.15, -0.1) is 0 Å². The van der Waals surface area contributed by atoms with Gasteiger partial charge in [0.05, 0.1) is 7.11 Å². The summed E-state index contributed by atoms with van der Waals surface area (Å²) in [5.41, 5.74) is 8.39. The highest BCUT2D eigenvalue weighted by atomic mass is 79.9. The van der Waals surface area contributed by atoms with E-state index in [1.165, 1.54) is 0 Å². The van der Waals surface area contributed by atoms with Gasteiger partial charge in [-0.3, -0.25) is 0 Å². The maximum absolute atomic E-state index is 10.1. The molecule has 0 saturated carbocycles. The molecule has 0 saturated heterocycles. The number of methoxy groups -OCH3 is 1. The topological polar surface area (TPSA) is 55.5 Å². The van der Waals surface area contributed by atoms with Gasteiger partial charge in [0.2, 0.25) is 0 Å². The molecule has 16 heavy (non-hydrogen) atoms. The molecule has 0 fully saturated rings. The molecule has 4 heteroatoms. The molecular formula is C12H18BrNO2. The van der Waals surface area contributed by atoms with Crippen molar-refractivity contribution in [3.05, 3.63) is 21.2 Å². The summed E-state index contributed by atoms with van der Waals surface area (Å²) < 4.78 is 6.22. The molecule has 0 aliphatic carbocycles. The van der Waals surface area contributed by atoms with E-state index in [2.05, 4.69) is 15.9 Å². The van der Waals surface area contributed by atoms with Gasteiger partial charge in [0.25, 0.3) is 0 Å². The third kappa shape index (κ3) is 2.33. The molecular weight excluding hydrogens is 270 g/mol. The van der Waals surface area contributed by atoms with Gasteiger partial charge in [0, 0.05) is 15.6 Å². The molecule has 0 heterocycles. The third-order valence-corrected chi connectivity index (χ3v) is 3.98. The van der Waals surface area contributed by atoms with E-state index in [0.717, 1.165) is 34.0 Å². The van der Waals surface area contributed by atoms with Crippen molar-refractivity contribution in [2.75, 3.05) is 13.7 Å². The third-order valence-electron chi connectivity index (χ3n) is 2.79. The van der Waals surface area contributed by atoms with Crippen LogP contribution in [0.15, 0.2) is 4.47 Å². The SMILES string of the molecule is COc1c(C)c(Br)c(C)c(CCCN)c1O. The lowest BCUT2D eigenvalue weighted by molar-refractivity contribution is 0.367. The largest absolute Gasteiger partial charge is 0.504 e. The lowest BCUT2D eigenvalue weighted by Crippen LogP contribution is -2.03. The maximum Gasteiger partial charge on any atom is 0.164 e. The minimum atomic E-state index is 0.245. The number of hydrogen-bond donors (Lipinski definition) is 2. The number of halogens is 1. The Morgan fingerprint density at radius 2 is 1.94 bits per heavy atom. The molecule has 0 aliphatic heterocycles. The van der Waals surface area contributed by atoms with Gasteiger partial charge in [-0.2, -0.15) is 0 Å². The molecule has 1 aromatic rings. The number of ether oxygens (including phenoxy) is 1. The highest BCUT2D eigenvalue weighted by Crippen LogP contribution is 2.41. The number of phenols is 1. The van der Waals surface area contributed by atoms with Crippen molar-refractivity contribution < 1.29 is 9.84 Å². The molecule has 3 nitrogen and oxygen atoms in total. The van der Waals surface area contributed by atoms with Crippen molar-refractivity contribution in [2.45, 2.75) is 26.7 Å². The first kappa shape index (κ1) is 13.3. The van der Waals surface area contributed by atoms with Crippen molar-refractivity contribution in [3.8, 4) is 11.5 Å². The maximum atomic E-state index is 10.1. The molecule has 0 bridgehead atoms. The number of benzene rings is 1. The van der Waals surface area contributed by atoms with E-state index in [9.17, 15) is 5.11 Å². The predicted molar refractivity (Wildman–Crippen MR) is 69.2 cm³/mol. The Kier molecular flexibility index (Phi) is 4.62. The molecule has 1 aromatic carbocycles. The molecule has 0 spiro atoms. The van der Waals surface area contributed by atoms with Crippen LogP contribution < -0.4 is 10.5 Å². The van der Waals surface area contributed by atoms with Crippen molar-refractivity contribution >= 4 is 15.9 Å². The van der Waals surface area contributed by atoms with Crippen LogP contribution in [0.2, 0.25) is 0 Å². The quantitative estimate of drug-likeness (QED) is 0.895. The summed E-state index contributed by atoms with van der Waals surface area (Å²) in [6, 6.07) is 0. The number of hydrogen-bond acceptors (Lipinski definition) is 3. The standard InChI is InChI=1S/C12H18BrNO2/c1-7-9(5-4-6-14)11(15)12(16-3)8(2)10(7)13/h15H,4-6,14H2,1-3H3. The Bertz CT molecular complexity index is 391. The van der Waals surface area contributed by atoms with Gasteiger partial charge in [0.15, 0.2) is 11.5 Å². The fraction of sp³-hybridized carbons (Fsp3) is 0.500. The summed E-state index contributed by atoms with van der Waals surface area (Å²) in [5, 5.41) is 10.1. The Balaban J connectivity index is 3.31. The number of aromatic hydroxyl groups is 1. The highest BCUT2D eigenvalue weighted by Gasteiger charge is 2.17. The molecule has 0 aliphatic rings. The van der Waals surface area contributed by atoms with Crippen LogP contribution in [0, 0.1) is 13.8 Å². The smallest absolute Gasteiger partial charge is 0.164 e. The van der Waals surface area contributed by atoms with Crippen LogP contribution >= 0.6 is 15.9 Å². The highest BCUT2D eigenvalue weighted by molar-refractivity contribution is 9.10. The van der Waals surface area contributed by atoms with Gasteiger partial charge < -0.3 is 15.6 Å². The predicted octanol–water partition coefficient (Wildman–Crippen LogP) is 2.67. The van der Waals surface area contributed by atoms with Crippen LogP contribution in [0.25, 0.3) is 0 Å². The van der Waals surface area contributed by atoms with Crippen molar-refractivity contribution in [1.82, 2.24) is 0 Å². The Morgan fingerprint density at radius 1 is 1.31 bits per heavy atom. The van der Waals surface area contributed by atoms with Gasteiger partial charge in [0.1, 0.15) is 0 Å². The molecule has 0 amide bonds. The van der Waals surface area contributed by atoms with E-state index in [1.54, 1.807) is 7.11 Å². The van der Waals surface area contributed by atoms with Crippen LogP contribution in [0.3, 0.4) is 0 Å². The first-order chi connectivity index (χ1) is 7.54. The second kappa shape index (κ2) is 5.55. The van der Waals surface area contributed by atoms with Crippen LogP contribution in [-0.4, -0.2) is 18.8 Å². The minimum absolute atomic E-state index is 0.245. The zero-order valence-corrected chi connectivity index (χ0v) is 11.5. The van der Waals surface area contributed by atoms with E-state index >= 15 is 0 Å². The van der Waals surface area contributed by atoms with E-state index in [1.807, 2.05) is 13.8 Å². The molecule has 0 aromatic heterocycles. The van der Waals surface area contributed by atoms with Gasteiger partial charge in [-0.05, 0) is 38.8 Å². The summed E-state index contributed by atoms with van der Waals surface area (Å²) in [6.45, 7) is 4.52. The molecule has 1 rings (SSSR count). The summed E-state index contributed by atoms with van der Waals surface area (Å²) in [4.78, 5) is 0. The summed E-state index contributed by atoms with van der Waals surface area (Å²) in [6.07, 6.45) is 1.62. The van der Waals surface area contributed by atoms with Gasteiger partial charge in [-0.25, -0.2) is 0 Å². The normalized spacial score (nSPS) is 10.6. The van der Waals surface area contributed by atoms with E-state index in [4.69, 9.17) is 10.5 Å². The first-order valence-electron chi connectivity index (χ1n) is 5.29. The lowest BCUT2D eigenvalue weighted by Gasteiger charge is -2.16. The van der Waals surface area contributed by atoms with Gasteiger partial charge in [-0.1, -0.05) is 15.9 Å². The van der Waals surface area contributed by atoms with E-state index in [0.29, 0.717) is 12.3 Å². The first-order valence-corrected chi connectivity index (χ1v) is 6.08. The molecule has 0 unspecified atom stereocenters. The van der Waals surface area contributed by atoms with Crippen LogP contribution in [0.1, 0.15) is 23.1 Å². The van der Waals surface area contributed by atoms with Crippen LogP contribution in [0.4, 0.5) is 0 Å². The average molecular weight is 288 g/mol. The van der Waals surface area contributed by atoms with Gasteiger partial charge >= 0.3 is 0 Å². The van der Waals surface area contributed by atoms with Crippen LogP contribution in [0.5, 0.6) is 11.5 Å². The van der Waals surface area contributed by atoms with Crippen LogP contribution in [-0.2, 0) is 6.42 Å². The second-order valence-electron chi connectivity index (χ2n) is 3.82. The Morgan fingerprint density at radius 3 is 2.44 bits per heavy atom. The van der Waals surface area contributed by atoms with E-state index in [-0.39, 0.29) is 5.75 Å². The van der Waals surface area contributed by atoms with Crippen molar-refractivity contribution in [1.29, 1.82) is 0 Å². The zero-order valence-electron chi connectivity index (χ0n) is 9.93. The number of phenolic OH excluding ortho intramolecular Hbond substituents is 1. The number of nitrogens with two attached hydrogens (primary N) is 1. The second-order valence-corrected chi connectivity index (χ2v) is 4.61. The molecule has 0 radical (unpaired) electrons. The summed E-state index contributed by atoms with van der Waals surface area (Å²) in [7, 11) is 1.57. The fourth-order valence-electron chi connectivity index (χ4n) is 1.84. The Labute approximate surface area is 105 Å². The Hall–Kier alpha value is -0.740.